The third-order valence-electron chi connectivity index (χ3n) is 3.03. The van der Waals surface area contributed by atoms with E-state index >= 15 is 0 Å². The van der Waals surface area contributed by atoms with Gasteiger partial charge in [-0.25, -0.2) is 4.79 Å². The Balaban J connectivity index is 2.08. The van der Waals surface area contributed by atoms with E-state index in [0.717, 1.165) is 5.56 Å². The first-order valence-electron chi connectivity index (χ1n) is 6.71. The minimum absolute atomic E-state index is 0.343. The summed E-state index contributed by atoms with van der Waals surface area (Å²) in [4.78, 5) is 23.4. The van der Waals surface area contributed by atoms with Crippen molar-refractivity contribution >= 4 is 29.2 Å². The highest BCUT2D eigenvalue weighted by atomic mass is 35.5. The van der Waals surface area contributed by atoms with E-state index in [9.17, 15) is 9.59 Å². The Kier molecular flexibility index (Phi) is 5.38. The number of carbonyl (C=O) groups is 2. The predicted octanol–water partition coefficient (Wildman–Crippen LogP) is 2.56. The Morgan fingerprint density at radius 3 is 2.27 bits per heavy atom. The Bertz CT molecular complexity index is 644. The molecule has 0 saturated heterocycles. The fourth-order valence-corrected chi connectivity index (χ4v) is 2.12. The lowest BCUT2D eigenvalue weighted by atomic mass is 10.1. The molecule has 0 heterocycles. The number of carbonyl (C=O) groups excluding carboxylic acids is 2. The number of hydrogen-bond donors (Lipinski definition) is 3. The van der Waals surface area contributed by atoms with Crippen molar-refractivity contribution in [3.05, 3.63) is 65.2 Å². The third-order valence-corrected chi connectivity index (χ3v) is 3.28. The molecular weight excluding hydrogens is 302 g/mol. The number of urea groups is 1. The SMILES string of the molecule is NC(=O)NC(Cc1ccccc1)C(=O)Nc1ccc(Cl)cc1. The molecule has 1 atom stereocenters. The van der Waals surface area contributed by atoms with Gasteiger partial charge in [-0.15, -0.1) is 0 Å². The first-order valence-corrected chi connectivity index (χ1v) is 7.09. The summed E-state index contributed by atoms with van der Waals surface area (Å²) < 4.78 is 0. The normalized spacial score (nSPS) is 11.5. The van der Waals surface area contributed by atoms with Crippen LogP contribution in [0.4, 0.5) is 10.5 Å². The summed E-state index contributed by atoms with van der Waals surface area (Å²) in [6, 6.07) is 14.6. The number of hydrogen-bond acceptors (Lipinski definition) is 2. The monoisotopic (exact) mass is 317 g/mol. The summed E-state index contributed by atoms with van der Waals surface area (Å²) in [5.41, 5.74) is 6.67. The molecule has 2 aromatic carbocycles. The molecule has 0 spiro atoms. The van der Waals surface area contributed by atoms with Crippen molar-refractivity contribution in [2.45, 2.75) is 12.5 Å². The maximum atomic E-state index is 12.3. The van der Waals surface area contributed by atoms with Gasteiger partial charge in [-0.1, -0.05) is 41.9 Å². The van der Waals surface area contributed by atoms with Gasteiger partial charge in [0.2, 0.25) is 5.91 Å². The van der Waals surface area contributed by atoms with Crippen LogP contribution in [-0.2, 0) is 11.2 Å². The molecule has 2 rings (SSSR count). The molecule has 0 radical (unpaired) electrons. The first-order chi connectivity index (χ1) is 10.5. The molecule has 0 aliphatic carbocycles. The lowest BCUT2D eigenvalue weighted by Gasteiger charge is -2.17. The molecule has 0 fully saturated rings. The summed E-state index contributed by atoms with van der Waals surface area (Å²) in [5.74, 6) is -0.343. The van der Waals surface area contributed by atoms with Gasteiger partial charge in [0.25, 0.3) is 0 Å². The molecule has 114 valence electrons. The highest BCUT2D eigenvalue weighted by Gasteiger charge is 2.20. The maximum Gasteiger partial charge on any atom is 0.312 e. The number of benzene rings is 2. The molecule has 4 N–H and O–H groups in total. The van der Waals surface area contributed by atoms with Crippen LogP contribution < -0.4 is 16.4 Å². The third kappa shape index (κ3) is 4.79. The van der Waals surface area contributed by atoms with E-state index in [2.05, 4.69) is 10.6 Å². The Morgan fingerprint density at radius 1 is 1.05 bits per heavy atom. The average molecular weight is 318 g/mol. The van der Waals surface area contributed by atoms with Gasteiger partial charge < -0.3 is 16.4 Å². The number of amides is 3. The van der Waals surface area contributed by atoms with Gasteiger partial charge in [0.1, 0.15) is 6.04 Å². The van der Waals surface area contributed by atoms with E-state index in [1.54, 1.807) is 24.3 Å². The van der Waals surface area contributed by atoms with Crippen molar-refractivity contribution in [1.82, 2.24) is 5.32 Å². The Morgan fingerprint density at radius 2 is 1.68 bits per heavy atom. The topological polar surface area (TPSA) is 84.2 Å². The zero-order valence-corrected chi connectivity index (χ0v) is 12.5. The van der Waals surface area contributed by atoms with Crippen LogP contribution in [0.25, 0.3) is 0 Å². The predicted molar refractivity (Wildman–Crippen MR) is 86.7 cm³/mol. The van der Waals surface area contributed by atoms with Gasteiger partial charge in [-0.3, -0.25) is 4.79 Å². The van der Waals surface area contributed by atoms with E-state index < -0.39 is 12.1 Å². The molecule has 6 heteroatoms. The molecule has 0 aliphatic heterocycles. The van der Waals surface area contributed by atoms with Crippen LogP contribution in [0, 0.1) is 0 Å². The molecule has 5 nitrogen and oxygen atoms in total. The van der Waals surface area contributed by atoms with Crippen molar-refractivity contribution in [2.75, 3.05) is 5.32 Å². The number of primary amides is 1. The van der Waals surface area contributed by atoms with Crippen LogP contribution in [0.15, 0.2) is 54.6 Å². The summed E-state index contributed by atoms with van der Waals surface area (Å²) in [6.45, 7) is 0. The second kappa shape index (κ2) is 7.47. The molecule has 3 amide bonds. The number of nitrogens with one attached hydrogen (secondary N) is 2. The lowest BCUT2D eigenvalue weighted by Crippen LogP contribution is -2.47. The number of nitrogens with two attached hydrogens (primary N) is 1. The van der Waals surface area contributed by atoms with E-state index in [-0.39, 0.29) is 5.91 Å². The minimum Gasteiger partial charge on any atom is -0.352 e. The fourth-order valence-electron chi connectivity index (χ4n) is 1.99. The second-order valence-corrected chi connectivity index (χ2v) is 5.18. The molecule has 0 saturated carbocycles. The number of anilines is 1. The number of rotatable bonds is 5. The first kappa shape index (κ1) is 15.9. The van der Waals surface area contributed by atoms with E-state index in [1.165, 1.54) is 0 Å². The van der Waals surface area contributed by atoms with Crippen molar-refractivity contribution in [1.29, 1.82) is 0 Å². The van der Waals surface area contributed by atoms with Gasteiger partial charge in [0.15, 0.2) is 0 Å². The lowest BCUT2D eigenvalue weighted by molar-refractivity contribution is -0.117. The van der Waals surface area contributed by atoms with Crippen LogP contribution in [0.1, 0.15) is 5.56 Å². The van der Waals surface area contributed by atoms with Crippen molar-refractivity contribution in [3.63, 3.8) is 0 Å². The highest BCUT2D eigenvalue weighted by molar-refractivity contribution is 6.30. The summed E-state index contributed by atoms with van der Waals surface area (Å²) in [5, 5.41) is 5.77. The van der Waals surface area contributed by atoms with Gasteiger partial charge in [0.05, 0.1) is 0 Å². The fraction of sp³-hybridized carbons (Fsp3) is 0.125. The number of halogens is 1. The van der Waals surface area contributed by atoms with Crippen molar-refractivity contribution < 1.29 is 9.59 Å². The molecule has 0 aromatic heterocycles. The van der Waals surface area contributed by atoms with Gasteiger partial charge in [-0.05, 0) is 29.8 Å². The molecule has 0 bridgehead atoms. The van der Waals surface area contributed by atoms with Crippen LogP contribution in [0.5, 0.6) is 0 Å². The van der Waals surface area contributed by atoms with Crippen LogP contribution in [0.2, 0.25) is 5.02 Å². The summed E-state index contributed by atoms with van der Waals surface area (Å²) >= 11 is 5.80. The molecular formula is C16H16ClN3O2. The van der Waals surface area contributed by atoms with Crippen molar-refractivity contribution in [3.8, 4) is 0 Å². The highest BCUT2D eigenvalue weighted by Crippen LogP contribution is 2.14. The van der Waals surface area contributed by atoms with E-state index in [1.807, 2.05) is 30.3 Å². The smallest absolute Gasteiger partial charge is 0.312 e. The van der Waals surface area contributed by atoms with E-state index in [4.69, 9.17) is 17.3 Å². The zero-order chi connectivity index (χ0) is 15.9. The largest absolute Gasteiger partial charge is 0.352 e. The molecule has 2 aromatic rings. The summed E-state index contributed by atoms with van der Waals surface area (Å²) in [7, 11) is 0. The van der Waals surface area contributed by atoms with E-state index in [0.29, 0.717) is 17.1 Å². The molecule has 22 heavy (non-hydrogen) atoms. The standard InChI is InChI=1S/C16H16ClN3O2/c17-12-6-8-13(9-7-12)19-15(21)14(20-16(18)22)10-11-4-2-1-3-5-11/h1-9,14H,10H2,(H,19,21)(H3,18,20,22). The van der Waals surface area contributed by atoms with Crippen LogP contribution >= 0.6 is 11.6 Å². The van der Waals surface area contributed by atoms with Crippen LogP contribution in [-0.4, -0.2) is 18.0 Å². The quantitative estimate of drug-likeness (QED) is 0.791. The second-order valence-electron chi connectivity index (χ2n) is 4.75. The van der Waals surface area contributed by atoms with Crippen molar-refractivity contribution in [2.24, 2.45) is 5.73 Å². The zero-order valence-electron chi connectivity index (χ0n) is 11.8. The molecule has 0 aliphatic rings. The van der Waals surface area contributed by atoms with Crippen LogP contribution in [0.3, 0.4) is 0 Å². The van der Waals surface area contributed by atoms with Gasteiger partial charge in [0, 0.05) is 17.1 Å². The van der Waals surface area contributed by atoms with Gasteiger partial charge in [-0.2, -0.15) is 0 Å². The average Bonchev–Trinajstić information content (AvgIpc) is 2.49. The Hall–Kier alpha value is -2.53. The van der Waals surface area contributed by atoms with Gasteiger partial charge >= 0.3 is 6.03 Å². The Labute approximate surface area is 133 Å². The minimum atomic E-state index is -0.754. The molecule has 1 unspecified atom stereocenters. The summed E-state index contributed by atoms with van der Waals surface area (Å²) in [6.07, 6.45) is 0.350. The maximum absolute atomic E-state index is 12.3.